The molecule has 0 saturated carbocycles. The topological polar surface area (TPSA) is 60.6 Å². The van der Waals surface area contributed by atoms with E-state index < -0.39 is 0 Å². The summed E-state index contributed by atoms with van der Waals surface area (Å²) >= 11 is 0. The molecule has 18 heavy (non-hydrogen) atoms. The minimum absolute atomic E-state index is 0.338. The van der Waals surface area contributed by atoms with Crippen molar-refractivity contribution in [2.24, 2.45) is 0 Å². The monoisotopic (exact) mass is 249 g/mol. The van der Waals surface area contributed by atoms with E-state index in [1.165, 1.54) is 0 Å². The molecule has 98 valence electrons. The molecule has 1 spiro atoms. The van der Waals surface area contributed by atoms with Crippen molar-refractivity contribution >= 4 is 11.5 Å². The summed E-state index contributed by atoms with van der Waals surface area (Å²) in [5.41, 5.74) is 7.95. The van der Waals surface area contributed by atoms with E-state index in [0.29, 0.717) is 13.2 Å². The van der Waals surface area contributed by atoms with Gasteiger partial charge in [-0.15, -0.1) is 0 Å². The molecule has 3 rings (SSSR count). The quantitative estimate of drug-likeness (QED) is 0.813. The first kappa shape index (κ1) is 11.7. The van der Waals surface area contributed by atoms with Gasteiger partial charge in [0.2, 0.25) is 0 Å². The lowest BCUT2D eigenvalue weighted by atomic mass is 10.0. The van der Waals surface area contributed by atoms with Crippen molar-refractivity contribution in [2.75, 3.05) is 36.9 Å². The number of piperidine rings is 1. The third-order valence-electron chi connectivity index (χ3n) is 3.83. The molecule has 2 N–H and O–H groups in total. The summed E-state index contributed by atoms with van der Waals surface area (Å²) in [6, 6.07) is 1.94. The van der Waals surface area contributed by atoms with E-state index in [0.717, 1.165) is 43.0 Å². The summed E-state index contributed by atoms with van der Waals surface area (Å²) in [4.78, 5) is 6.62. The summed E-state index contributed by atoms with van der Waals surface area (Å²) < 4.78 is 11.4. The molecule has 0 aromatic carbocycles. The van der Waals surface area contributed by atoms with E-state index in [1.54, 1.807) is 0 Å². The van der Waals surface area contributed by atoms with E-state index in [4.69, 9.17) is 15.2 Å². The van der Waals surface area contributed by atoms with E-state index in [1.807, 2.05) is 19.2 Å². The normalized spacial score (nSPS) is 22.6. The largest absolute Gasteiger partial charge is 0.396 e. The summed E-state index contributed by atoms with van der Waals surface area (Å²) in [5.74, 6) is 0.553. The van der Waals surface area contributed by atoms with E-state index >= 15 is 0 Å². The first-order valence-electron chi connectivity index (χ1n) is 6.44. The lowest BCUT2D eigenvalue weighted by molar-refractivity contribution is -0.169. The maximum Gasteiger partial charge on any atom is 0.171 e. The number of aromatic nitrogens is 1. The molecule has 0 aliphatic carbocycles. The number of nitrogens with two attached hydrogens (primary N) is 1. The van der Waals surface area contributed by atoms with Gasteiger partial charge in [0.1, 0.15) is 0 Å². The number of aryl methyl sites for hydroxylation is 1. The van der Waals surface area contributed by atoms with Crippen LogP contribution in [0.3, 0.4) is 0 Å². The van der Waals surface area contributed by atoms with Crippen LogP contribution in [0.1, 0.15) is 18.4 Å². The minimum atomic E-state index is -0.338. The number of pyridine rings is 1. The van der Waals surface area contributed by atoms with Crippen LogP contribution in [0, 0.1) is 6.92 Å². The summed E-state index contributed by atoms with van der Waals surface area (Å²) in [6.45, 7) is 5.19. The van der Waals surface area contributed by atoms with Gasteiger partial charge >= 0.3 is 0 Å². The molecule has 0 amide bonds. The molecular weight excluding hydrogens is 230 g/mol. The van der Waals surface area contributed by atoms with Crippen molar-refractivity contribution < 1.29 is 9.47 Å². The van der Waals surface area contributed by atoms with Gasteiger partial charge in [-0.25, -0.2) is 4.98 Å². The van der Waals surface area contributed by atoms with Crippen LogP contribution in [0.25, 0.3) is 0 Å². The standard InChI is InChI=1S/C13H19N3O2/c1-10-2-5-15-12(11(10)14)16-6-3-13(4-7-16)17-8-9-18-13/h2,5H,3-4,6-9,14H2,1H3. The van der Waals surface area contributed by atoms with Crippen molar-refractivity contribution in [1.82, 2.24) is 4.98 Å². The molecule has 5 heteroatoms. The summed E-state index contributed by atoms with van der Waals surface area (Å²) in [6.07, 6.45) is 3.57. The molecule has 0 unspecified atom stereocenters. The van der Waals surface area contributed by atoms with Crippen LogP contribution in [0.5, 0.6) is 0 Å². The molecule has 1 aromatic heterocycles. The molecular formula is C13H19N3O2. The van der Waals surface area contributed by atoms with Gasteiger partial charge in [0, 0.05) is 32.1 Å². The number of hydrogen-bond donors (Lipinski definition) is 1. The second-order valence-electron chi connectivity index (χ2n) is 4.96. The average molecular weight is 249 g/mol. The highest BCUT2D eigenvalue weighted by molar-refractivity contribution is 5.66. The first-order valence-corrected chi connectivity index (χ1v) is 6.44. The van der Waals surface area contributed by atoms with Crippen LogP contribution in [0.2, 0.25) is 0 Å². The third kappa shape index (κ3) is 1.93. The number of ether oxygens (including phenoxy) is 2. The number of hydrogen-bond acceptors (Lipinski definition) is 5. The van der Waals surface area contributed by atoms with Gasteiger partial charge in [0.15, 0.2) is 11.6 Å². The van der Waals surface area contributed by atoms with E-state index in [9.17, 15) is 0 Å². The maximum atomic E-state index is 6.09. The minimum Gasteiger partial charge on any atom is -0.396 e. The van der Waals surface area contributed by atoms with Crippen LogP contribution in [0.15, 0.2) is 12.3 Å². The van der Waals surface area contributed by atoms with Crippen LogP contribution < -0.4 is 10.6 Å². The van der Waals surface area contributed by atoms with Gasteiger partial charge < -0.3 is 20.1 Å². The average Bonchev–Trinajstić information content (AvgIpc) is 2.83. The Bertz CT molecular complexity index is 434. The fourth-order valence-corrected chi connectivity index (χ4v) is 2.65. The molecule has 1 aromatic rings. The van der Waals surface area contributed by atoms with Gasteiger partial charge in [-0.1, -0.05) is 0 Å². The zero-order chi connectivity index (χ0) is 12.6. The molecule has 2 saturated heterocycles. The number of nitrogens with zero attached hydrogens (tertiary/aromatic N) is 2. The zero-order valence-electron chi connectivity index (χ0n) is 10.7. The maximum absolute atomic E-state index is 6.09. The highest BCUT2D eigenvalue weighted by atomic mass is 16.7. The highest BCUT2D eigenvalue weighted by Gasteiger charge is 2.40. The van der Waals surface area contributed by atoms with Crippen LogP contribution >= 0.6 is 0 Å². The Morgan fingerprint density at radius 2 is 1.94 bits per heavy atom. The molecule has 2 aliphatic rings. The van der Waals surface area contributed by atoms with E-state index in [-0.39, 0.29) is 5.79 Å². The fourth-order valence-electron chi connectivity index (χ4n) is 2.65. The van der Waals surface area contributed by atoms with Gasteiger partial charge in [-0.05, 0) is 18.6 Å². The number of nitrogen functional groups attached to an aromatic ring is 1. The molecule has 0 bridgehead atoms. The SMILES string of the molecule is Cc1ccnc(N2CCC3(CC2)OCCO3)c1N. The molecule has 2 fully saturated rings. The number of anilines is 2. The Morgan fingerprint density at radius 1 is 1.28 bits per heavy atom. The predicted molar refractivity (Wildman–Crippen MR) is 69.5 cm³/mol. The lowest BCUT2D eigenvalue weighted by Gasteiger charge is -2.38. The van der Waals surface area contributed by atoms with Gasteiger partial charge in [-0.2, -0.15) is 0 Å². The summed E-state index contributed by atoms with van der Waals surface area (Å²) in [7, 11) is 0. The highest BCUT2D eigenvalue weighted by Crippen LogP contribution is 2.34. The van der Waals surface area contributed by atoms with Crippen LogP contribution in [-0.4, -0.2) is 37.1 Å². The third-order valence-corrected chi connectivity index (χ3v) is 3.83. The Labute approximate surface area is 107 Å². The Morgan fingerprint density at radius 3 is 2.61 bits per heavy atom. The van der Waals surface area contributed by atoms with Gasteiger partial charge in [0.05, 0.1) is 18.9 Å². The molecule has 0 radical (unpaired) electrons. The molecule has 0 atom stereocenters. The zero-order valence-corrected chi connectivity index (χ0v) is 10.7. The fraction of sp³-hybridized carbons (Fsp3) is 0.615. The van der Waals surface area contributed by atoms with E-state index in [2.05, 4.69) is 9.88 Å². The smallest absolute Gasteiger partial charge is 0.171 e. The Balaban J connectivity index is 1.74. The summed E-state index contributed by atoms with van der Waals surface area (Å²) in [5, 5.41) is 0. The van der Waals surface area contributed by atoms with Crippen molar-refractivity contribution in [2.45, 2.75) is 25.6 Å². The molecule has 5 nitrogen and oxygen atoms in total. The van der Waals surface area contributed by atoms with Crippen LogP contribution in [0.4, 0.5) is 11.5 Å². The predicted octanol–water partition coefficient (Wildman–Crippen LogP) is 1.32. The Hall–Kier alpha value is -1.33. The van der Waals surface area contributed by atoms with Crippen LogP contribution in [-0.2, 0) is 9.47 Å². The molecule has 3 heterocycles. The molecule has 2 aliphatic heterocycles. The lowest BCUT2D eigenvalue weighted by Crippen LogP contribution is -2.45. The van der Waals surface area contributed by atoms with Crippen molar-refractivity contribution in [3.05, 3.63) is 17.8 Å². The second-order valence-corrected chi connectivity index (χ2v) is 4.96. The van der Waals surface area contributed by atoms with Crippen molar-refractivity contribution in [1.29, 1.82) is 0 Å². The number of rotatable bonds is 1. The Kier molecular flexibility index (Phi) is 2.87. The van der Waals surface area contributed by atoms with Gasteiger partial charge in [0.25, 0.3) is 0 Å². The van der Waals surface area contributed by atoms with Crippen molar-refractivity contribution in [3.8, 4) is 0 Å². The van der Waals surface area contributed by atoms with Crippen molar-refractivity contribution in [3.63, 3.8) is 0 Å². The second kappa shape index (κ2) is 4.40. The van der Waals surface area contributed by atoms with Gasteiger partial charge in [-0.3, -0.25) is 0 Å². The first-order chi connectivity index (χ1) is 8.70.